The Morgan fingerprint density at radius 2 is 1.91 bits per heavy atom. The zero-order valence-corrected chi connectivity index (χ0v) is 18.3. The predicted octanol–water partition coefficient (Wildman–Crippen LogP) is 4.24. The van der Waals surface area contributed by atoms with Crippen molar-refractivity contribution in [1.29, 1.82) is 0 Å². The van der Waals surface area contributed by atoms with Crippen molar-refractivity contribution in [2.45, 2.75) is 19.5 Å². The Morgan fingerprint density at radius 3 is 2.67 bits per heavy atom. The fraction of sp³-hybridized carbons (Fsp3) is 0.192. The number of benzene rings is 2. The summed E-state index contributed by atoms with van der Waals surface area (Å²) in [5.74, 6) is 2.41. The molecule has 0 saturated carbocycles. The van der Waals surface area contributed by atoms with Crippen molar-refractivity contribution in [3.05, 3.63) is 95.6 Å². The van der Waals surface area contributed by atoms with E-state index in [4.69, 9.17) is 14.1 Å². The second-order valence-electron chi connectivity index (χ2n) is 7.86. The van der Waals surface area contributed by atoms with E-state index in [1.54, 1.807) is 25.6 Å². The van der Waals surface area contributed by atoms with E-state index in [9.17, 15) is 4.79 Å². The molecular formula is C26H24N4O3. The molecule has 7 heteroatoms. The predicted molar refractivity (Wildman–Crippen MR) is 125 cm³/mol. The molecule has 5 rings (SSSR count). The Balaban J connectivity index is 1.48. The first-order chi connectivity index (χ1) is 16.2. The largest absolute Gasteiger partial charge is 0.497 e. The number of rotatable bonds is 6. The van der Waals surface area contributed by atoms with Crippen LogP contribution in [0, 0.1) is 0 Å². The number of hydrogen-bond acceptors (Lipinski definition) is 6. The molecule has 0 aliphatic carbocycles. The Labute approximate surface area is 192 Å². The van der Waals surface area contributed by atoms with Gasteiger partial charge in [-0.25, -0.2) is 9.97 Å². The first-order valence-corrected chi connectivity index (χ1v) is 10.8. The maximum atomic E-state index is 13.1. The van der Waals surface area contributed by atoms with Crippen LogP contribution in [0.4, 0.5) is 5.82 Å². The van der Waals surface area contributed by atoms with E-state index >= 15 is 0 Å². The van der Waals surface area contributed by atoms with Crippen molar-refractivity contribution >= 4 is 11.7 Å². The molecule has 33 heavy (non-hydrogen) atoms. The molecule has 166 valence electrons. The molecule has 2 aromatic carbocycles. The van der Waals surface area contributed by atoms with Gasteiger partial charge in [-0.1, -0.05) is 24.3 Å². The van der Waals surface area contributed by atoms with Gasteiger partial charge >= 0.3 is 0 Å². The van der Waals surface area contributed by atoms with Crippen molar-refractivity contribution in [3.63, 3.8) is 0 Å². The molecule has 0 bridgehead atoms. The summed E-state index contributed by atoms with van der Waals surface area (Å²) >= 11 is 0. The van der Waals surface area contributed by atoms with E-state index in [-0.39, 0.29) is 5.91 Å². The van der Waals surface area contributed by atoms with Crippen molar-refractivity contribution in [2.75, 3.05) is 18.6 Å². The van der Waals surface area contributed by atoms with Crippen LogP contribution < -0.4 is 15.0 Å². The molecule has 7 nitrogen and oxygen atoms in total. The van der Waals surface area contributed by atoms with Crippen molar-refractivity contribution in [1.82, 2.24) is 15.3 Å². The number of aromatic nitrogens is 2. The van der Waals surface area contributed by atoms with Gasteiger partial charge in [0, 0.05) is 24.8 Å². The van der Waals surface area contributed by atoms with Crippen LogP contribution in [0.25, 0.3) is 11.4 Å². The normalized spacial score (nSPS) is 12.8. The summed E-state index contributed by atoms with van der Waals surface area (Å²) in [6, 6.07) is 19.6. The van der Waals surface area contributed by atoms with Gasteiger partial charge in [0.2, 0.25) is 0 Å². The lowest BCUT2D eigenvalue weighted by Crippen LogP contribution is -2.34. The van der Waals surface area contributed by atoms with Crippen LogP contribution in [0.15, 0.2) is 77.5 Å². The second kappa shape index (κ2) is 9.16. The summed E-state index contributed by atoms with van der Waals surface area (Å²) in [5, 5.41) is 2.92. The summed E-state index contributed by atoms with van der Waals surface area (Å²) in [7, 11) is 1.63. The van der Waals surface area contributed by atoms with Crippen molar-refractivity contribution in [2.24, 2.45) is 0 Å². The molecule has 1 amide bonds. The zero-order chi connectivity index (χ0) is 22.6. The Morgan fingerprint density at radius 1 is 1.09 bits per heavy atom. The maximum absolute atomic E-state index is 13.1. The van der Waals surface area contributed by atoms with Crippen molar-refractivity contribution in [3.8, 4) is 17.1 Å². The molecule has 0 atom stereocenters. The van der Waals surface area contributed by atoms with Crippen LogP contribution >= 0.6 is 0 Å². The summed E-state index contributed by atoms with van der Waals surface area (Å²) in [4.78, 5) is 24.6. The van der Waals surface area contributed by atoms with Gasteiger partial charge in [-0.05, 0) is 53.9 Å². The first-order valence-electron chi connectivity index (χ1n) is 10.8. The number of ether oxygens (including phenoxy) is 1. The van der Waals surface area contributed by atoms with Gasteiger partial charge in [-0.15, -0.1) is 0 Å². The zero-order valence-electron chi connectivity index (χ0n) is 18.3. The Kier molecular flexibility index (Phi) is 5.76. The minimum absolute atomic E-state index is 0.235. The molecule has 0 spiro atoms. The molecule has 0 radical (unpaired) electrons. The highest BCUT2D eigenvalue weighted by molar-refractivity contribution is 5.98. The molecule has 1 aliphatic heterocycles. The Bertz CT molecular complexity index is 1250. The van der Waals surface area contributed by atoms with Crippen LogP contribution in [0.2, 0.25) is 0 Å². The van der Waals surface area contributed by atoms with E-state index in [0.717, 1.165) is 24.3 Å². The highest BCUT2D eigenvalue weighted by Crippen LogP contribution is 2.28. The molecular weight excluding hydrogens is 416 g/mol. The third-order valence-electron chi connectivity index (χ3n) is 5.79. The van der Waals surface area contributed by atoms with E-state index in [0.29, 0.717) is 36.1 Å². The number of nitrogens with one attached hydrogen (secondary N) is 1. The molecule has 1 aliphatic rings. The smallest absolute Gasteiger partial charge is 0.256 e. The topological polar surface area (TPSA) is 80.5 Å². The fourth-order valence-corrected chi connectivity index (χ4v) is 4.01. The average Bonchev–Trinajstić information content (AvgIpc) is 3.40. The minimum atomic E-state index is -0.235. The number of anilines is 1. The number of methoxy groups -OCH3 is 1. The van der Waals surface area contributed by atoms with E-state index in [1.165, 1.54) is 11.1 Å². The van der Waals surface area contributed by atoms with Crippen LogP contribution in [0.3, 0.4) is 0 Å². The van der Waals surface area contributed by atoms with Gasteiger partial charge in [0.25, 0.3) is 5.91 Å². The van der Waals surface area contributed by atoms with Gasteiger partial charge in [-0.3, -0.25) is 4.79 Å². The van der Waals surface area contributed by atoms with Crippen LogP contribution in [-0.2, 0) is 19.5 Å². The lowest BCUT2D eigenvalue weighted by molar-refractivity contribution is 0.0948. The summed E-state index contributed by atoms with van der Waals surface area (Å²) in [6.07, 6.45) is 4.09. The number of nitrogens with zero attached hydrogens (tertiary/aromatic N) is 3. The summed E-state index contributed by atoms with van der Waals surface area (Å²) in [5.41, 5.74) is 3.88. The third kappa shape index (κ3) is 4.43. The van der Waals surface area contributed by atoms with Crippen LogP contribution in [-0.4, -0.2) is 29.5 Å². The van der Waals surface area contributed by atoms with E-state index < -0.39 is 0 Å². The number of amides is 1. The average molecular weight is 441 g/mol. The maximum Gasteiger partial charge on any atom is 0.256 e. The number of furan rings is 1. The highest BCUT2D eigenvalue weighted by Gasteiger charge is 2.24. The molecule has 4 aromatic rings. The lowest BCUT2D eigenvalue weighted by Gasteiger charge is -2.31. The first kappa shape index (κ1) is 20.8. The Hall–Kier alpha value is -4.13. The van der Waals surface area contributed by atoms with Gasteiger partial charge in [0.05, 0.1) is 19.9 Å². The molecule has 3 heterocycles. The number of hydrogen-bond donors (Lipinski definition) is 1. The van der Waals surface area contributed by atoms with Gasteiger partial charge in [0.1, 0.15) is 22.9 Å². The lowest BCUT2D eigenvalue weighted by atomic mass is 9.99. The molecule has 0 saturated heterocycles. The molecule has 1 N–H and O–H groups in total. The second-order valence-corrected chi connectivity index (χ2v) is 7.86. The monoisotopic (exact) mass is 440 g/mol. The summed E-state index contributed by atoms with van der Waals surface area (Å²) < 4.78 is 10.6. The quantitative estimate of drug-likeness (QED) is 0.483. The SMILES string of the molecule is COc1ccc(-c2ncc(C(=O)NCc3ccco3)c(N3CCc4ccccc4C3)n2)cc1. The molecule has 0 fully saturated rings. The van der Waals surface area contributed by atoms with Gasteiger partial charge < -0.3 is 19.4 Å². The number of fused-ring (bicyclic) bond motifs is 1. The van der Waals surface area contributed by atoms with Gasteiger partial charge in [0.15, 0.2) is 5.82 Å². The minimum Gasteiger partial charge on any atom is -0.497 e. The third-order valence-corrected chi connectivity index (χ3v) is 5.79. The highest BCUT2D eigenvalue weighted by atomic mass is 16.5. The number of carbonyl (C=O) groups excluding carboxylic acids is 1. The molecule has 0 unspecified atom stereocenters. The van der Waals surface area contributed by atoms with Crippen molar-refractivity contribution < 1.29 is 13.9 Å². The van der Waals surface area contributed by atoms with Crippen LogP contribution in [0.1, 0.15) is 27.2 Å². The standard InChI is InChI=1S/C26H24N4O3/c1-32-21-10-8-19(9-11-21)24-27-16-23(26(31)28-15-22-7-4-14-33-22)25(29-24)30-13-12-18-5-2-3-6-20(18)17-30/h2-11,14,16H,12-13,15,17H2,1H3,(H,28,31). The summed E-state index contributed by atoms with van der Waals surface area (Å²) in [6.45, 7) is 1.76. The fourth-order valence-electron chi connectivity index (χ4n) is 4.01. The number of carbonyl (C=O) groups is 1. The van der Waals surface area contributed by atoms with Crippen LogP contribution in [0.5, 0.6) is 5.75 Å². The van der Waals surface area contributed by atoms with Gasteiger partial charge in [-0.2, -0.15) is 0 Å². The molecule has 2 aromatic heterocycles. The van der Waals surface area contributed by atoms with E-state index in [2.05, 4.69) is 33.4 Å². The van der Waals surface area contributed by atoms with E-state index in [1.807, 2.05) is 36.4 Å².